The first-order valence-corrected chi connectivity index (χ1v) is 6.33. The van der Waals surface area contributed by atoms with Crippen molar-refractivity contribution in [3.05, 3.63) is 65.9 Å². The van der Waals surface area contributed by atoms with Gasteiger partial charge in [-0.15, -0.1) is 0 Å². The molecule has 0 aliphatic carbocycles. The van der Waals surface area contributed by atoms with Gasteiger partial charge in [0.2, 0.25) is 0 Å². The highest BCUT2D eigenvalue weighted by Gasteiger charge is 2.08. The highest BCUT2D eigenvalue weighted by molar-refractivity contribution is 6.02. The molecule has 0 aliphatic heterocycles. The van der Waals surface area contributed by atoms with Crippen LogP contribution in [-0.4, -0.2) is 16.4 Å². The number of hydrogen-bond acceptors (Lipinski definition) is 3. The zero-order chi connectivity index (χ0) is 13.8. The second kappa shape index (κ2) is 5.48. The summed E-state index contributed by atoms with van der Waals surface area (Å²) >= 11 is 0. The first kappa shape index (κ1) is 12.3. The van der Waals surface area contributed by atoms with Crippen LogP contribution in [0.1, 0.15) is 11.1 Å². The average molecular weight is 266 g/mol. The molecule has 0 bridgehead atoms. The van der Waals surface area contributed by atoms with Crippen LogP contribution in [0.4, 0.5) is 0 Å². The number of oxime groups is 1. The first-order valence-electron chi connectivity index (χ1n) is 6.33. The molecule has 20 heavy (non-hydrogen) atoms. The Morgan fingerprint density at radius 1 is 1.10 bits per heavy atom. The van der Waals surface area contributed by atoms with Crippen LogP contribution in [0.5, 0.6) is 5.75 Å². The van der Waals surface area contributed by atoms with E-state index in [2.05, 4.69) is 10.1 Å². The van der Waals surface area contributed by atoms with Gasteiger partial charge in [-0.2, -0.15) is 0 Å². The molecule has 4 nitrogen and oxygen atoms in total. The third-order valence-electron chi connectivity index (χ3n) is 3.13. The molecule has 2 aromatic carbocycles. The fraction of sp³-hybridized carbons (Fsp3) is 0.0625. The first-order chi connectivity index (χ1) is 9.88. The number of ether oxygens (including phenoxy) is 1. The van der Waals surface area contributed by atoms with Crippen molar-refractivity contribution in [1.82, 2.24) is 4.98 Å². The zero-order valence-corrected chi connectivity index (χ0v) is 10.8. The molecule has 100 valence electrons. The summed E-state index contributed by atoms with van der Waals surface area (Å²) in [4.78, 5) is 3.13. The normalized spacial score (nSPS) is 11.2. The summed E-state index contributed by atoms with van der Waals surface area (Å²) in [5.74, 6) is 0.766. The quantitative estimate of drug-likeness (QED) is 0.431. The molecule has 0 amide bonds. The number of nitrogens with zero attached hydrogens (tertiary/aromatic N) is 1. The molecule has 0 spiro atoms. The second-order valence-electron chi connectivity index (χ2n) is 4.44. The molecule has 4 heteroatoms. The number of rotatable bonds is 4. The zero-order valence-electron chi connectivity index (χ0n) is 10.8. The largest absolute Gasteiger partial charge is 0.488 e. The monoisotopic (exact) mass is 266 g/mol. The van der Waals surface area contributed by atoms with Crippen molar-refractivity contribution in [1.29, 1.82) is 0 Å². The van der Waals surface area contributed by atoms with Crippen LogP contribution >= 0.6 is 0 Å². The number of nitrogens with one attached hydrogen (secondary N) is 1. The minimum atomic E-state index is 0.501. The van der Waals surface area contributed by atoms with E-state index in [1.165, 1.54) is 6.21 Å². The van der Waals surface area contributed by atoms with Gasteiger partial charge in [-0.05, 0) is 17.7 Å². The van der Waals surface area contributed by atoms with E-state index in [-0.39, 0.29) is 0 Å². The van der Waals surface area contributed by atoms with E-state index >= 15 is 0 Å². The Morgan fingerprint density at radius 2 is 1.95 bits per heavy atom. The third kappa shape index (κ3) is 2.36. The van der Waals surface area contributed by atoms with Gasteiger partial charge in [-0.25, -0.2) is 0 Å². The minimum absolute atomic E-state index is 0.501. The van der Waals surface area contributed by atoms with Crippen LogP contribution in [-0.2, 0) is 6.61 Å². The van der Waals surface area contributed by atoms with Gasteiger partial charge in [0.05, 0.1) is 11.6 Å². The molecule has 2 N–H and O–H groups in total. The van der Waals surface area contributed by atoms with Crippen molar-refractivity contribution in [2.24, 2.45) is 5.16 Å². The number of aromatic nitrogens is 1. The van der Waals surface area contributed by atoms with E-state index in [9.17, 15) is 0 Å². The summed E-state index contributed by atoms with van der Waals surface area (Å²) in [6.07, 6.45) is 3.19. The van der Waals surface area contributed by atoms with Gasteiger partial charge >= 0.3 is 0 Å². The van der Waals surface area contributed by atoms with Crippen LogP contribution in [0.15, 0.2) is 59.9 Å². The lowest BCUT2D eigenvalue weighted by atomic mass is 10.1. The van der Waals surface area contributed by atoms with Gasteiger partial charge in [0, 0.05) is 17.3 Å². The Labute approximate surface area is 116 Å². The molecule has 3 rings (SSSR count). The Bertz CT molecular complexity index is 733. The lowest BCUT2D eigenvalue weighted by Gasteiger charge is -2.08. The second-order valence-corrected chi connectivity index (χ2v) is 4.44. The van der Waals surface area contributed by atoms with Crippen LogP contribution < -0.4 is 4.74 Å². The van der Waals surface area contributed by atoms with Gasteiger partial charge in [-0.3, -0.25) is 0 Å². The molecule has 0 unspecified atom stereocenters. The smallest absolute Gasteiger partial charge is 0.129 e. The van der Waals surface area contributed by atoms with Crippen LogP contribution in [0.3, 0.4) is 0 Å². The van der Waals surface area contributed by atoms with Crippen molar-refractivity contribution in [2.75, 3.05) is 0 Å². The lowest BCUT2D eigenvalue weighted by molar-refractivity contribution is 0.310. The fourth-order valence-corrected chi connectivity index (χ4v) is 2.20. The number of H-pyrrole nitrogens is 1. The summed E-state index contributed by atoms with van der Waals surface area (Å²) < 4.78 is 5.89. The van der Waals surface area contributed by atoms with Crippen molar-refractivity contribution < 1.29 is 9.94 Å². The van der Waals surface area contributed by atoms with Crippen LogP contribution in [0.25, 0.3) is 10.9 Å². The number of fused-ring (bicyclic) bond motifs is 1. The number of hydrogen-bond donors (Lipinski definition) is 2. The predicted molar refractivity (Wildman–Crippen MR) is 78.5 cm³/mol. The van der Waals surface area contributed by atoms with Crippen LogP contribution in [0, 0.1) is 0 Å². The summed E-state index contributed by atoms with van der Waals surface area (Å²) in [6.45, 7) is 0.501. The number of aromatic amines is 1. The SMILES string of the molecule is ON=Cc1c[nH]c2cccc(OCc3ccccc3)c12. The summed E-state index contributed by atoms with van der Waals surface area (Å²) in [7, 11) is 0. The standard InChI is InChI=1S/C16H14N2O2/c19-18-10-13-9-17-14-7-4-8-15(16(13)14)20-11-12-5-2-1-3-6-12/h1-10,17,19H,11H2. The molecule has 0 saturated heterocycles. The van der Waals surface area contributed by atoms with Gasteiger partial charge in [0.25, 0.3) is 0 Å². The molecular formula is C16H14N2O2. The Morgan fingerprint density at radius 3 is 2.75 bits per heavy atom. The molecule has 0 radical (unpaired) electrons. The van der Waals surface area contributed by atoms with Crippen molar-refractivity contribution >= 4 is 17.1 Å². The highest BCUT2D eigenvalue weighted by Crippen LogP contribution is 2.28. The molecule has 0 aliphatic rings. The van der Waals surface area contributed by atoms with E-state index < -0.39 is 0 Å². The molecular weight excluding hydrogens is 252 g/mol. The molecule has 0 atom stereocenters. The molecule has 1 heterocycles. The molecule has 0 saturated carbocycles. The third-order valence-corrected chi connectivity index (χ3v) is 3.13. The van der Waals surface area contributed by atoms with E-state index in [0.717, 1.165) is 27.8 Å². The summed E-state index contributed by atoms with van der Waals surface area (Å²) in [5.41, 5.74) is 2.86. The topological polar surface area (TPSA) is 57.6 Å². The fourth-order valence-electron chi connectivity index (χ4n) is 2.20. The molecule has 1 aromatic heterocycles. The maximum atomic E-state index is 8.71. The van der Waals surface area contributed by atoms with Gasteiger partial charge in [0.15, 0.2) is 0 Å². The van der Waals surface area contributed by atoms with E-state index in [1.807, 2.05) is 48.5 Å². The van der Waals surface area contributed by atoms with Crippen molar-refractivity contribution in [3.8, 4) is 5.75 Å². The van der Waals surface area contributed by atoms with Gasteiger partial charge in [0.1, 0.15) is 12.4 Å². The van der Waals surface area contributed by atoms with E-state index in [1.54, 1.807) is 6.20 Å². The summed E-state index contributed by atoms with van der Waals surface area (Å²) in [5, 5.41) is 12.7. The average Bonchev–Trinajstić information content (AvgIpc) is 2.91. The Balaban J connectivity index is 1.93. The lowest BCUT2D eigenvalue weighted by Crippen LogP contribution is -1.96. The Kier molecular flexibility index (Phi) is 3.37. The highest BCUT2D eigenvalue weighted by atomic mass is 16.5. The Hall–Kier alpha value is -2.75. The maximum Gasteiger partial charge on any atom is 0.129 e. The summed E-state index contributed by atoms with van der Waals surface area (Å²) in [6, 6.07) is 15.8. The van der Waals surface area contributed by atoms with Gasteiger partial charge in [-0.1, -0.05) is 41.6 Å². The van der Waals surface area contributed by atoms with E-state index in [0.29, 0.717) is 6.61 Å². The number of benzene rings is 2. The predicted octanol–water partition coefficient (Wildman–Crippen LogP) is 3.56. The van der Waals surface area contributed by atoms with Gasteiger partial charge < -0.3 is 14.9 Å². The van der Waals surface area contributed by atoms with Crippen LogP contribution in [0.2, 0.25) is 0 Å². The molecule has 0 fully saturated rings. The van der Waals surface area contributed by atoms with Crippen molar-refractivity contribution in [3.63, 3.8) is 0 Å². The molecule has 3 aromatic rings. The maximum absolute atomic E-state index is 8.71. The van der Waals surface area contributed by atoms with E-state index in [4.69, 9.17) is 9.94 Å². The van der Waals surface area contributed by atoms with Crippen molar-refractivity contribution in [2.45, 2.75) is 6.61 Å². The minimum Gasteiger partial charge on any atom is -0.488 e.